The predicted octanol–water partition coefficient (Wildman–Crippen LogP) is 1.84. The van der Waals surface area contributed by atoms with E-state index in [2.05, 4.69) is 15.1 Å². The number of aromatic nitrogens is 2. The molecule has 0 spiro atoms. The molecule has 2 aromatic carbocycles. The van der Waals surface area contributed by atoms with Crippen LogP contribution in [0.1, 0.15) is 21.7 Å². The van der Waals surface area contributed by atoms with Gasteiger partial charge in [-0.25, -0.2) is 13.1 Å². The van der Waals surface area contributed by atoms with Gasteiger partial charge in [0.25, 0.3) is 5.91 Å². The van der Waals surface area contributed by atoms with Crippen molar-refractivity contribution in [3.63, 3.8) is 0 Å². The van der Waals surface area contributed by atoms with Gasteiger partial charge in [-0.1, -0.05) is 30.3 Å². The molecule has 150 valence electrons. The number of hydrogen-bond acceptors (Lipinski definition) is 5. The van der Waals surface area contributed by atoms with Gasteiger partial charge in [0.1, 0.15) is 0 Å². The molecular formula is C20H20N4O4S. The molecule has 0 unspecified atom stereocenters. The normalized spacial score (nSPS) is 11.1. The summed E-state index contributed by atoms with van der Waals surface area (Å²) in [4.78, 5) is 24.8. The maximum Gasteiger partial charge on any atom is 0.276 e. The lowest BCUT2D eigenvalue weighted by atomic mass is 10.2. The second-order valence-electron chi connectivity index (χ2n) is 6.50. The van der Waals surface area contributed by atoms with Gasteiger partial charge in [-0.2, -0.15) is 5.10 Å². The first-order chi connectivity index (χ1) is 13.7. The van der Waals surface area contributed by atoms with E-state index in [0.717, 1.165) is 11.9 Å². The first-order valence-electron chi connectivity index (χ1n) is 8.74. The van der Waals surface area contributed by atoms with Crippen molar-refractivity contribution in [1.29, 1.82) is 0 Å². The molecule has 29 heavy (non-hydrogen) atoms. The number of hydrogen-bond donors (Lipinski definition) is 2. The van der Waals surface area contributed by atoms with Gasteiger partial charge >= 0.3 is 0 Å². The van der Waals surface area contributed by atoms with Crippen LogP contribution in [-0.4, -0.2) is 30.4 Å². The highest BCUT2D eigenvalue weighted by molar-refractivity contribution is 7.92. The molecule has 1 heterocycles. The Morgan fingerprint density at radius 2 is 1.79 bits per heavy atom. The summed E-state index contributed by atoms with van der Waals surface area (Å²) in [6.45, 7) is 1.85. The Kier molecular flexibility index (Phi) is 5.79. The Balaban J connectivity index is 1.80. The third kappa shape index (κ3) is 5.29. The van der Waals surface area contributed by atoms with E-state index in [9.17, 15) is 18.0 Å². The summed E-state index contributed by atoms with van der Waals surface area (Å²) in [5.74, 6) is -0.610. The van der Waals surface area contributed by atoms with Crippen molar-refractivity contribution in [3.8, 4) is 5.69 Å². The van der Waals surface area contributed by atoms with Crippen LogP contribution in [0.15, 0.2) is 65.5 Å². The Bertz CT molecular complexity index is 1200. The molecule has 0 bridgehead atoms. The molecular weight excluding hydrogens is 392 g/mol. The van der Waals surface area contributed by atoms with Gasteiger partial charge in [-0.3, -0.25) is 14.3 Å². The van der Waals surface area contributed by atoms with Crippen LogP contribution in [0.3, 0.4) is 0 Å². The van der Waals surface area contributed by atoms with Crippen LogP contribution in [-0.2, 0) is 16.6 Å². The Labute approximate surface area is 168 Å². The van der Waals surface area contributed by atoms with E-state index in [1.807, 2.05) is 30.3 Å². The zero-order chi connectivity index (χ0) is 21.0. The minimum Gasteiger partial charge on any atom is -0.346 e. The van der Waals surface area contributed by atoms with E-state index in [0.29, 0.717) is 16.9 Å². The van der Waals surface area contributed by atoms with Gasteiger partial charge in [0.15, 0.2) is 5.69 Å². The fourth-order valence-electron chi connectivity index (χ4n) is 2.76. The summed E-state index contributed by atoms with van der Waals surface area (Å²) >= 11 is 0. The number of amides is 1. The minimum atomic E-state index is -3.40. The van der Waals surface area contributed by atoms with Crippen LogP contribution < -0.4 is 15.5 Å². The van der Waals surface area contributed by atoms with Gasteiger partial charge in [0.05, 0.1) is 11.9 Å². The molecule has 9 heteroatoms. The van der Waals surface area contributed by atoms with Crippen molar-refractivity contribution in [2.45, 2.75) is 13.5 Å². The van der Waals surface area contributed by atoms with Crippen LogP contribution >= 0.6 is 0 Å². The average molecular weight is 412 g/mol. The van der Waals surface area contributed by atoms with Crippen LogP contribution in [0.2, 0.25) is 0 Å². The van der Waals surface area contributed by atoms with Gasteiger partial charge in [0.2, 0.25) is 15.5 Å². The molecule has 2 N–H and O–H groups in total. The molecule has 3 aromatic rings. The van der Waals surface area contributed by atoms with Crippen LogP contribution in [0.5, 0.6) is 0 Å². The van der Waals surface area contributed by atoms with Crippen molar-refractivity contribution in [3.05, 3.63) is 87.8 Å². The summed E-state index contributed by atoms with van der Waals surface area (Å²) in [6, 6.07) is 17.2. The monoisotopic (exact) mass is 412 g/mol. The van der Waals surface area contributed by atoms with Crippen molar-refractivity contribution in [2.75, 3.05) is 11.0 Å². The lowest BCUT2D eigenvalue weighted by molar-refractivity contribution is 0.0943. The Morgan fingerprint density at radius 1 is 1.07 bits per heavy atom. The second kappa shape index (κ2) is 8.27. The van der Waals surface area contributed by atoms with Gasteiger partial charge in [0, 0.05) is 24.0 Å². The second-order valence-corrected chi connectivity index (χ2v) is 8.25. The SMILES string of the molecule is Cc1cc(=O)c(C(=O)NCc2cccc(NS(C)(=O)=O)c2)nn1-c1ccccc1. The number of nitrogens with zero attached hydrogens (tertiary/aromatic N) is 2. The Hall–Kier alpha value is -3.46. The van der Waals surface area contributed by atoms with Gasteiger partial charge in [-0.15, -0.1) is 0 Å². The maximum absolute atomic E-state index is 12.5. The van der Waals surface area contributed by atoms with Crippen molar-refractivity contribution >= 4 is 21.6 Å². The molecule has 3 rings (SSSR count). The standard InChI is InChI=1S/C20H20N4O4S/c1-14-11-18(25)19(22-24(14)17-9-4-3-5-10-17)20(26)21-13-15-7-6-8-16(12-15)23-29(2,27)28/h3-12,23H,13H2,1-2H3,(H,21,26). The van der Waals surface area contributed by atoms with E-state index in [1.165, 1.54) is 10.7 Å². The molecule has 8 nitrogen and oxygen atoms in total. The van der Waals surface area contributed by atoms with Crippen LogP contribution in [0, 0.1) is 6.92 Å². The fourth-order valence-corrected chi connectivity index (χ4v) is 3.32. The average Bonchev–Trinajstić information content (AvgIpc) is 2.66. The molecule has 0 aliphatic rings. The fraction of sp³-hybridized carbons (Fsp3) is 0.150. The van der Waals surface area contributed by atoms with E-state index in [4.69, 9.17) is 0 Å². The van der Waals surface area contributed by atoms with Crippen LogP contribution in [0.4, 0.5) is 5.69 Å². The summed E-state index contributed by atoms with van der Waals surface area (Å²) in [5.41, 5.74) is 1.71. The zero-order valence-corrected chi connectivity index (χ0v) is 16.7. The smallest absolute Gasteiger partial charge is 0.276 e. The Morgan fingerprint density at radius 3 is 2.48 bits per heavy atom. The number of rotatable bonds is 6. The third-order valence-electron chi connectivity index (χ3n) is 4.01. The number of nitrogens with one attached hydrogen (secondary N) is 2. The van der Waals surface area contributed by atoms with E-state index < -0.39 is 21.4 Å². The molecule has 0 atom stereocenters. The molecule has 0 radical (unpaired) electrons. The largest absolute Gasteiger partial charge is 0.346 e. The lowest BCUT2D eigenvalue weighted by Gasteiger charge is -2.11. The molecule has 0 aliphatic heterocycles. The summed E-state index contributed by atoms with van der Waals surface area (Å²) in [5, 5.41) is 6.87. The van der Waals surface area contributed by atoms with Gasteiger partial charge < -0.3 is 5.32 Å². The number of aryl methyl sites for hydroxylation is 1. The maximum atomic E-state index is 12.5. The highest BCUT2D eigenvalue weighted by atomic mass is 32.2. The third-order valence-corrected chi connectivity index (χ3v) is 4.61. The summed E-state index contributed by atoms with van der Waals surface area (Å²) in [6.07, 6.45) is 1.06. The first-order valence-corrected chi connectivity index (χ1v) is 10.6. The summed E-state index contributed by atoms with van der Waals surface area (Å²) in [7, 11) is -3.40. The van der Waals surface area contributed by atoms with Crippen LogP contribution in [0.25, 0.3) is 5.69 Å². The highest BCUT2D eigenvalue weighted by Crippen LogP contribution is 2.12. The highest BCUT2D eigenvalue weighted by Gasteiger charge is 2.15. The van der Waals surface area contributed by atoms with Crippen molar-refractivity contribution in [1.82, 2.24) is 15.1 Å². The topological polar surface area (TPSA) is 110 Å². The van der Waals surface area contributed by atoms with E-state index in [-0.39, 0.29) is 12.2 Å². The molecule has 1 aromatic heterocycles. The van der Waals surface area contributed by atoms with Crippen molar-refractivity contribution in [2.24, 2.45) is 0 Å². The van der Waals surface area contributed by atoms with Gasteiger partial charge in [-0.05, 0) is 36.8 Å². The van der Waals surface area contributed by atoms with E-state index in [1.54, 1.807) is 31.2 Å². The number of carbonyl (C=O) groups excluding carboxylic acids is 1. The lowest BCUT2D eigenvalue weighted by Crippen LogP contribution is -2.31. The molecule has 1 amide bonds. The molecule has 0 fully saturated rings. The zero-order valence-electron chi connectivity index (χ0n) is 15.9. The summed E-state index contributed by atoms with van der Waals surface area (Å²) < 4.78 is 26.6. The number of benzene rings is 2. The number of anilines is 1. The first kappa shape index (κ1) is 20.3. The quantitative estimate of drug-likeness (QED) is 0.642. The number of carbonyl (C=O) groups is 1. The van der Waals surface area contributed by atoms with Crippen molar-refractivity contribution < 1.29 is 13.2 Å². The number of para-hydroxylation sites is 1. The molecule has 0 aliphatic carbocycles. The molecule has 0 saturated carbocycles. The number of sulfonamides is 1. The van der Waals surface area contributed by atoms with E-state index >= 15 is 0 Å². The predicted molar refractivity (Wildman–Crippen MR) is 111 cm³/mol. The molecule has 0 saturated heterocycles. The minimum absolute atomic E-state index is 0.110.